The van der Waals surface area contributed by atoms with Crippen LogP contribution in [0.15, 0.2) is 53.9 Å². The average molecular weight is 395 g/mol. The van der Waals surface area contributed by atoms with E-state index in [-0.39, 0.29) is 5.69 Å². The maximum atomic E-state index is 13.7. The molecule has 3 rings (SSSR count). The molecule has 1 amide bonds. The fourth-order valence-corrected chi connectivity index (χ4v) is 3.17. The quantitative estimate of drug-likeness (QED) is 0.655. The number of hydrogen-bond acceptors (Lipinski definition) is 4. The molecular formula is C17H13ClF2N4OS. The molecule has 0 aliphatic carbocycles. The van der Waals surface area contributed by atoms with E-state index in [4.69, 9.17) is 11.6 Å². The summed E-state index contributed by atoms with van der Waals surface area (Å²) in [6, 6.07) is 9.96. The van der Waals surface area contributed by atoms with Gasteiger partial charge in [-0.1, -0.05) is 29.4 Å². The molecule has 9 heteroatoms. The van der Waals surface area contributed by atoms with Gasteiger partial charge >= 0.3 is 0 Å². The lowest BCUT2D eigenvalue weighted by atomic mass is 10.3. The Morgan fingerprint density at radius 1 is 1.27 bits per heavy atom. The number of benzene rings is 2. The monoisotopic (exact) mass is 394 g/mol. The molecule has 2 aromatic carbocycles. The molecule has 0 fully saturated rings. The maximum Gasteiger partial charge on any atom is 0.237 e. The minimum absolute atomic E-state index is 0.209. The Morgan fingerprint density at radius 2 is 2.08 bits per heavy atom. The van der Waals surface area contributed by atoms with Crippen molar-refractivity contribution in [1.82, 2.24) is 14.8 Å². The standard InChI is InChI=1S/C17H13ClF2N4OS/c1-10(16(25)22-15-8-12(19)5-6-14(15)20)26-17-23-21-9-24(17)13-4-2-3-11(18)7-13/h2-10H,1H3,(H,22,25). The Bertz CT molecular complexity index is 950. The molecule has 5 nitrogen and oxygen atoms in total. The Morgan fingerprint density at radius 3 is 2.85 bits per heavy atom. The fourth-order valence-electron chi connectivity index (χ4n) is 2.15. The van der Waals surface area contributed by atoms with Crippen LogP contribution in [-0.4, -0.2) is 25.9 Å². The molecule has 1 N–H and O–H groups in total. The second kappa shape index (κ2) is 7.84. The molecule has 0 radical (unpaired) electrons. The highest BCUT2D eigenvalue weighted by Gasteiger charge is 2.20. The zero-order valence-electron chi connectivity index (χ0n) is 13.5. The number of thioether (sulfide) groups is 1. The third-order valence-electron chi connectivity index (χ3n) is 3.44. The minimum atomic E-state index is -0.709. The van der Waals surface area contributed by atoms with Crippen LogP contribution >= 0.6 is 23.4 Å². The number of rotatable bonds is 5. The van der Waals surface area contributed by atoms with Crippen LogP contribution in [0.3, 0.4) is 0 Å². The van der Waals surface area contributed by atoms with Gasteiger partial charge in [0.2, 0.25) is 5.91 Å². The van der Waals surface area contributed by atoms with Crippen molar-refractivity contribution in [2.75, 3.05) is 5.32 Å². The molecule has 0 aliphatic rings. The lowest BCUT2D eigenvalue weighted by Gasteiger charge is -2.13. The lowest BCUT2D eigenvalue weighted by Crippen LogP contribution is -2.23. The SMILES string of the molecule is CC(Sc1nncn1-c1cccc(Cl)c1)C(=O)Nc1cc(F)ccc1F. The molecule has 1 aromatic heterocycles. The molecular weight excluding hydrogens is 382 g/mol. The smallest absolute Gasteiger partial charge is 0.237 e. The first-order valence-electron chi connectivity index (χ1n) is 7.52. The van der Waals surface area contributed by atoms with E-state index in [0.717, 1.165) is 35.6 Å². The van der Waals surface area contributed by atoms with Gasteiger partial charge in [0.1, 0.15) is 18.0 Å². The van der Waals surface area contributed by atoms with Crippen LogP contribution in [0, 0.1) is 11.6 Å². The maximum absolute atomic E-state index is 13.7. The topological polar surface area (TPSA) is 59.8 Å². The summed E-state index contributed by atoms with van der Waals surface area (Å²) in [5, 5.41) is 10.6. The summed E-state index contributed by atoms with van der Waals surface area (Å²) in [6.45, 7) is 1.63. The number of carbonyl (C=O) groups excluding carboxylic acids is 1. The third-order valence-corrected chi connectivity index (χ3v) is 4.73. The summed E-state index contributed by atoms with van der Waals surface area (Å²) in [7, 11) is 0. The molecule has 1 unspecified atom stereocenters. The first-order valence-corrected chi connectivity index (χ1v) is 8.78. The van der Waals surface area contributed by atoms with Crippen molar-refractivity contribution < 1.29 is 13.6 Å². The Balaban J connectivity index is 1.74. The van der Waals surface area contributed by atoms with Gasteiger partial charge in [0.25, 0.3) is 0 Å². The number of nitrogens with zero attached hydrogens (tertiary/aromatic N) is 3. The molecule has 0 bridgehead atoms. The van der Waals surface area contributed by atoms with E-state index in [1.165, 1.54) is 6.33 Å². The van der Waals surface area contributed by atoms with Crippen LogP contribution in [0.25, 0.3) is 5.69 Å². The van der Waals surface area contributed by atoms with Crippen LogP contribution < -0.4 is 5.32 Å². The van der Waals surface area contributed by atoms with Gasteiger partial charge in [-0.15, -0.1) is 10.2 Å². The van der Waals surface area contributed by atoms with Crippen LogP contribution in [-0.2, 0) is 4.79 Å². The second-order valence-corrected chi connectivity index (χ2v) is 7.08. The summed E-state index contributed by atoms with van der Waals surface area (Å²) < 4.78 is 28.6. The van der Waals surface area contributed by atoms with Crippen LogP contribution in [0.5, 0.6) is 0 Å². The van der Waals surface area contributed by atoms with Gasteiger partial charge in [-0.2, -0.15) is 0 Å². The zero-order chi connectivity index (χ0) is 18.7. The highest BCUT2D eigenvalue weighted by Crippen LogP contribution is 2.26. The summed E-state index contributed by atoms with van der Waals surface area (Å²) >= 11 is 7.13. The van der Waals surface area contributed by atoms with Crippen molar-refractivity contribution in [2.45, 2.75) is 17.3 Å². The largest absolute Gasteiger partial charge is 0.323 e. The van der Waals surface area contributed by atoms with E-state index in [0.29, 0.717) is 10.2 Å². The van der Waals surface area contributed by atoms with E-state index >= 15 is 0 Å². The van der Waals surface area contributed by atoms with E-state index < -0.39 is 22.8 Å². The summed E-state index contributed by atoms with van der Waals surface area (Å²) in [4.78, 5) is 12.3. The normalized spacial score (nSPS) is 12.0. The molecule has 0 spiro atoms. The van der Waals surface area contributed by atoms with E-state index in [2.05, 4.69) is 15.5 Å². The summed E-state index contributed by atoms with van der Waals surface area (Å²) in [6.07, 6.45) is 1.50. The van der Waals surface area contributed by atoms with Gasteiger partial charge < -0.3 is 5.32 Å². The fraction of sp³-hybridized carbons (Fsp3) is 0.118. The molecule has 134 valence electrons. The van der Waals surface area contributed by atoms with Gasteiger partial charge in [0.05, 0.1) is 16.6 Å². The van der Waals surface area contributed by atoms with Crippen molar-refractivity contribution in [3.8, 4) is 5.69 Å². The number of hydrogen-bond donors (Lipinski definition) is 1. The van der Waals surface area contributed by atoms with Gasteiger partial charge in [-0.25, -0.2) is 8.78 Å². The number of amides is 1. The van der Waals surface area contributed by atoms with Crippen molar-refractivity contribution in [2.24, 2.45) is 0 Å². The summed E-state index contributed by atoms with van der Waals surface area (Å²) in [5.41, 5.74) is 0.535. The predicted molar refractivity (Wildman–Crippen MR) is 96.7 cm³/mol. The molecule has 1 atom stereocenters. The molecule has 0 saturated carbocycles. The third kappa shape index (κ3) is 4.20. The minimum Gasteiger partial charge on any atom is -0.323 e. The van der Waals surface area contributed by atoms with Crippen molar-refractivity contribution >= 4 is 35.0 Å². The number of anilines is 1. The molecule has 0 saturated heterocycles. The number of aromatic nitrogens is 3. The Hall–Kier alpha value is -2.45. The van der Waals surface area contributed by atoms with E-state index in [1.807, 2.05) is 6.07 Å². The molecule has 3 aromatic rings. The molecule has 0 aliphatic heterocycles. The van der Waals surface area contributed by atoms with E-state index in [9.17, 15) is 13.6 Å². The van der Waals surface area contributed by atoms with Crippen molar-refractivity contribution in [1.29, 1.82) is 0 Å². The van der Waals surface area contributed by atoms with Crippen molar-refractivity contribution in [3.05, 3.63) is 65.4 Å². The predicted octanol–water partition coefficient (Wildman–Crippen LogP) is 4.32. The second-order valence-electron chi connectivity index (χ2n) is 5.34. The van der Waals surface area contributed by atoms with Gasteiger partial charge in [0.15, 0.2) is 5.16 Å². The summed E-state index contributed by atoms with van der Waals surface area (Å²) in [5.74, 6) is -1.83. The Kier molecular flexibility index (Phi) is 5.53. The highest BCUT2D eigenvalue weighted by molar-refractivity contribution is 8.00. The number of carbonyl (C=O) groups is 1. The Labute approximate surface area is 157 Å². The van der Waals surface area contributed by atoms with Gasteiger partial charge in [-0.3, -0.25) is 9.36 Å². The zero-order valence-corrected chi connectivity index (χ0v) is 15.1. The van der Waals surface area contributed by atoms with Crippen molar-refractivity contribution in [3.63, 3.8) is 0 Å². The highest BCUT2D eigenvalue weighted by atomic mass is 35.5. The van der Waals surface area contributed by atoms with Crippen LogP contribution in [0.2, 0.25) is 5.02 Å². The van der Waals surface area contributed by atoms with Gasteiger partial charge in [0, 0.05) is 11.1 Å². The average Bonchev–Trinajstić information content (AvgIpc) is 3.06. The number of nitrogens with one attached hydrogen (secondary N) is 1. The molecule has 1 heterocycles. The first-order chi connectivity index (χ1) is 12.4. The van der Waals surface area contributed by atoms with Crippen LogP contribution in [0.4, 0.5) is 14.5 Å². The first kappa shape index (κ1) is 18.3. The van der Waals surface area contributed by atoms with Gasteiger partial charge in [-0.05, 0) is 37.3 Å². The molecule has 26 heavy (non-hydrogen) atoms. The number of halogens is 3. The van der Waals surface area contributed by atoms with Crippen LogP contribution in [0.1, 0.15) is 6.92 Å². The lowest BCUT2D eigenvalue weighted by molar-refractivity contribution is -0.115. The van der Waals surface area contributed by atoms with E-state index in [1.54, 1.807) is 29.7 Å².